The van der Waals surface area contributed by atoms with Crippen molar-refractivity contribution in [2.75, 3.05) is 17.6 Å². The van der Waals surface area contributed by atoms with Crippen LogP contribution in [0.1, 0.15) is 33.6 Å². The summed E-state index contributed by atoms with van der Waals surface area (Å²) in [7, 11) is -2.19. The molecule has 8 heteroatoms. The van der Waals surface area contributed by atoms with Crippen molar-refractivity contribution in [1.29, 1.82) is 0 Å². The smallest absolute Gasteiger partial charge is 0.393 e. The molecule has 0 aromatic rings. The van der Waals surface area contributed by atoms with E-state index in [-0.39, 0.29) is 30.5 Å². The van der Waals surface area contributed by atoms with Gasteiger partial charge in [0.25, 0.3) is 0 Å². The van der Waals surface area contributed by atoms with Crippen molar-refractivity contribution in [2.45, 2.75) is 57.9 Å². The number of carbonyl (C=O) groups is 1. The summed E-state index contributed by atoms with van der Waals surface area (Å²) in [6.45, 7) is 9.88. The summed E-state index contributed by atoms with van der Waals surface area (Å²) in [5.41, 5.74) is 0. The zero-order chi connectivity index (χ0) is 17.6. The summed E-state index contributed by atoms with van der Waals surface area (Å²) in [6.07, 6.45) is -4.00. The Hall–Kier alpha value is 0.167. The van der Waals surface area contributed by atoms with Gasteiger partial charge in [-0.3, -0.25) is 4.79 Å². The van der Waals surface area contributed by atoms with Crippen LogP contribution in [0.2, 0.25) is 18.1 Å². The molecular formula is C14H27F3INO2Si. The maximum Gasteiger partial charge on any atom is 0.393 e. The molecule has 0 aliphatic heterocycles. The molecule has 0 aromatic heterocycles. The van der Waals surface area contributed by atoms with Crippen LogP contribution in [0.15, 0.2) is 0 Å². The maximum atomic E-state index is 13.1. The Bertz CT molecular complexity index is 357. The van der Waals surface area contributed by atoms with E-state index in [4.69, 9.17) is 4.43 Å². The fraction of sp³-hybridized carbons (Fsp3) is 0.929. The Morgan fingerprint density at radius 3 is 2.23 bits per heavy atom. The molecule has 1 atom stereocenters. The number of nitrogens with one attached hydrogen (secondary N) is 1. The van der Waals surface area contributed by atoms with Gasteiger partial charge < -0.3 is 9.74 Å². The number of hydrogen-bond donors (Lipinski definition) is 1. The topological polar surface area (TPSA) is 38.3 Å². The number of hydrogen-bond acceptors (Lipinski definition) is 2. The summed E-state index contributed by atoms with van der Waals surface area (Å²) in [5.74, 6) is -1.63. The summed E-state index contributed by atoms with van der Waals surface area (Å²) in [6, 6.07) is 0. The number of alkyl halides is 4. The van der Waals surface area contributed by atoms with Crippen LogP contribution in [0.4, 0.5) is 13.2 Å². The number of halogens is 4. The monoisotopic (exact) mass is 453 g/mol. The van der Waals surface area contributed by atoms with Crippen molar-refractivity contribution < 1.29 is 22.4 Å². The van der Waals surface area contributed by atoms with Crippen LogP contribution in [0, 0.1) is 5.92 Å². The van der Waals surface area contributed by atoms with E-state index in [0.717, 1.165) is 0 Å². The normalized spacial score (nSPS) is 14.8. The molecule has 0 saturated carbocycles. The molecule has 3 nitrogen and oxygen atoms in total. The SMILES string of the molecule is CC(C)(C)[Si](C)(C)OCC(CCCNC(=O)CI)C(F)(F)F. The van der Waals surface area contributed by atoms with Gasteiger partial charge in [-0.1, -0.05) is 43.4 Å². The lowest BCUT2D eigenvalue weighted by molar-refractivity contribution is -0.184. The summed E-state index contributed by atoms with van der Waals surface area (Å²) in [4.78, 5) is 11.1. The molecule has 0 rings (SSSR count). The number of amides is 1. The third-order valence-electron chi connectivity index (χ3n) is 4.09. The van der Waals surface area contributed by atoms with Gasteiger partial charge in [0.1, 0.15) is 0 Å². The van der Waals surface area contributed by atoms with E-state index in [0.29, 0.717) is 10.8 Å². The second kappa shape index (κ2) is 8.86. The molecule has 0 aliphatic carbocycles. The first-order chi connectivity index (χ1) is 9.81. The number of rotatable bonds is 8. The molecule has 0 spiro atoms. The summed E-state index contributed by atoms with van der Waals surface area (Å²) in [5, 5.41) is 2.48. The van der Waals surface area contributed by atoms with Crippen molar-refractivity contribution >= 4 is 36.8 Å². The molecular weight excluding hydrogens is 426 g/mol. The zero-order valence-corrected chi connectivity index (χ0v) is 17.1. The van der Waals surface area contributed by atoms with Crippen LogP contribution >= 0.6 is 22.6 Å². The standard InChI is InChI=1S/C14H27F3INO2Si/c1-13(2,3)22(4,5)21-10-11(14(15,16)17)7-6-8-19-12(20)9-18/h11H,6-10H2,1-5H3,(H,19,20). The van der Waals surface area contributed by atoms with E-state index in [1.807, 2.05) is 56.5 Å². The average Bonchev–Trinajstić information content (AvgIpc) is 2.34. The molecule has 0 saturated heterocycles. The van der Waals surface area contributed by atoms with Gasteiger partial charge in [-0.15, -0.1) is 0 Å². The minimum absolute atomic E-state index is 0.0281. The third-order valence-corrected chi connectivity index (χ3v) is 9.28. The van der Waals surface area contributed by atoms with Crippen LogP contribution in [0.3, 0.4) is 0 Å². The first-order valence-corrected chi connectivity index (χ1v) is 11.8. The highest BCUT2D eigenvalue weighted by Gasteiger charge is 2.43. The molecule has 1 unspecified atom stereocenters. The Balaban J connectivity index is 4.47. The minimum atomic E-state index is -4.27. The highest BCUT2D eigenvalue weighted by Crippen LogP contribution is 2.38. The lowest BCUT2D eigenvalue weighted by Gasteiger charge is -2.37. The van der Waals surface area contributed by atoms with E-state index >= 15 is 0 Å². The van der Waals surface area contributed by atoms with Crippen molar-refractivity contribution in [2.24, 2.45) is 5.92 Å². The fourth-order valence-corrected chi connectivity index (χ4v) is 2.81. The Kier molecular flexibility index (Phi) is 8.93. The number of carbonyl (C=O) groups excluding carboxylic acids is 1. The van der Waals surface area contributed by atoms with Gasteiger partial charge in [0.2, 0.25) is 5.91 Å². The Labute approximate surface area is 146 Å². The van der Waals surface area contributed by atoms with Crippen molar-refractivity contribution in [3.8, 4) is 0 Å². The van der Waals surface area contributed by atoms with Crippen LogP contribution in [-0.4, -0.2) is 38.0 Å². The van der Waals surface area contributed by atoms with E-state index < -0.39 is 20.4 Å². The van der Waals surface area contributed by atoms with Gasteiger partial charge in [0.05, 0.1) is 10.3 Å². The van der Waals surface area contributed by atoms with Crippen molar-refractivity contribution in [1.82, 2.24) is 5.32 Å². The van der Waals surface area contributed by atoms with E-state index in [1.54, 1.807) is 0 Å². The highest BCUT2D eigenvalue weighted by molar-refractivity contribution is 14.1. The van der Waals surface area contributed by atoms with Crippen molar-refractivity contribution in [3.05, 3.63) is 0 Å². The second-order valence-electron chi connectivity index (χ2n) is 6.94. The second-order valence-corrected chi connectivity index (χ2v) is 12.5. The Morgan fingerprint density at radius 2 is 1.82 bits per heavy atom. The van der Waals surface area contributed by atoms with E-state index in [9.17, 15) is 18.0 Å². The lowest BCUT2D eigenvalue weighted by atomic mass is 10.0. The van der Waals surface area contributed by atoms with E-state index in [1.165, 1.54) is 0 Å². The average molecular weight is 453 g/mol. The van der Waals surface area contributed by atoms with Crippen LogP contribution in [0.5, 0.6) is 0 Å². The van der Waals surface area contributed by atoms with Gasteiger partial charge in [-0.2, -0.15) is 13.2 Å². The highest BCUT2D eigenvalue weighted by atomic mass is 127. The molecule has 1 amide bonds. The Morgan fingerprint density at radius 1 is 1.27 bits per heavy atom. The molecule has 132 valence electrons. The van der Waals surface area contributed by atoms with Gasteiger partial charge in [0.15, 0.2) is 8.32 Å². The predicted molar refractivity (Wildman–Crippen MR) is 93.8 cm³/mol. The lowest BCUT2D eigenvalue weighted by Crippen LogP contribution is -2.43. The molecule has 0 aromatic carbocycles. The minimum Gasteiger partial charge on any atom is -0.416 e. The molecule has 0 fully saturated rings. The molecule has 0 bridgehead atoms. The van der Waals surface area contributed by atoms with Crippen molar-refractivity contribution in [3.63, 3.8) is 0 Å². The van der Waals surface area contributed by atoms with Gasteiger partial charge in [-0.05, 0) is 31.0 Å². The molecule has 1 N–H and O–H groups in total. The van der Waals surface area contributed by atoms with Gasteiger partial charge in [-0.25, -0.2) is 0 Å². The first kappa shape index (κ1) is 22.2. The fourth-order valence-electron chi connectivity index (χ4n) is 1.49. The molecule has 0 aliphatic rings. The zero-order valence-electron chi connectivity index (χ0n) is 13.9. The van der Waals surface area contributed by atoms with Gasteiger partial charge in [0, 0.05) is 13.2 Å². The van der Waals surface area contributed by atoms with Crippen LogP contribution in [0.25, 0.3) is 0 Å². The molecule has 22 heavy (non-hydrogen) atoms. The quantitative estimate of drug-likeness (QED) is 0.254. The summed E-state index contributed by atoms with van der Waals surface area (Å²) >= 11 is 1.91. The molecule has 0 heterocycles. The summed E-state index contributed by atoms with van der Waals surface area (Å²) < 4.78 is 45.3. The van der Waals surface area contributed by atoms with E-state index in [2.05, 4.69) is 5.32 Å². The van der Waals surface area contributed by atoms with Crippen LogP contribution in [-0.2, 0) is 9.22 Å². The predicted octanol–water partition coefficient (Wildman–Crippen LogP) is 4.52. The van der Waals surface area contributed by atoms with Crippen LogP contribution < -0.4 is 5.32 Å². The maximum absolute atomic E-state index is 13.1. The van der Waals surface area contributed by atoms with Gasteiger partial charge >= 0.3 is 6.18 Å². The first-order valence-electron chi connectivity index (χ1n) is 7.34. The molecule has 0 radical (unpaired) electrons. The third kappa shape index (κ3) is 8.14. The largest absolute Gasteiger partial charge is 0.416 e.